The summed E-state index contributed by atoms with van der Waals surface area (Å²) in [6.45, 7) is 0. The molecule has 1 aliphatic carbocycles. The third-order valence-electron chi connectivity index (χ3n) is 1.97. The zero-order chi connectivity index (χ0) is 7.94. The minimum atomic E-state index is 0.809. The van der Waals surface area contributed by atoms with Gasteiger partial charge in [-0.1, -0.05) is 23.8 Å². The molecule has 0 atom stereocenters. The van der Waals surface area contributed by atoms with Crippen LogP contribution in [0.4, 0.5) is 0 Å². The first-order chi connectivity index (χ1) is 5.43. The van der Waals surface area contributed by atoms with Crippen molar-refractivity contribution in [2.45, 2.75) is 32.1 Å². The third-order valence-corrected chi connectivity index (χ3v) is 2.24. The molecule has 0 unspecified atom stereocenters. The molecule has 11 heavy (non-hydrogen) atoms. The van der Waals surface area contributed by atoms with Crippen molar-refractivity contribution in [1.29, 1.82) is 0 Å². The summed E-state index contributed by atoms with van der Waals surface area (Å²) in [5, 5.41) is 0. The van der Waals surface area contributed by atoms with Gasteiger partial charge in [0.05, 0.1) is 0 Å². The molecule has 1 rings (SSSR count). The molecule has 0 bridgehead atoms. The molecule has 0 heterocycles. The lowest BCUT2D eigenvalue weighted by Crippen LogP contribution is -1.87. The highest BCUT2D eigenvalue weighted by Crippen LogP contribution is 2.17. The highest BCUT2D eigenvalue weighted by Gasteiger charge is 1.97. The molecule has 0 saturated carbocycles. The predicted octanol–water partition coefficient (Wildman–Crippen LogP) is 3.67. The van der Waals surface area contributed by atoms with E-state index >= 15 is 0 Å². The average molecular weight is 171 g/mol. The van der Waals surface area contributed by atoms with Crippen molar-refractivity contribution in [3.05, 3.63) is 23.8 Å². The van der Waals surface area contributed by atoms with Crippen LogP contribution in [-0.2, 0) is 0 Å². The van der Waals surface area contributed by atoms with Crippen LogP contribution in [0.2, 0.25) is 0 Å². The maximum atomic E-state index is 5.59. The van der Waals surface area contributed by atoms with Crippen molar-refractivity contribution < 1.29 is 0 Å². The monoisotopic (exact) mass is 170 g/mol. The fourth-order valence-corrected chi connectivity index (χ4v) is 1.49. The molecule has 0 saturated heterocycles. The quantitative estimate of drug-likeness (QED) is 0.343. The Morgan fingerprint density at radius 3 is 2.82 bits per heavy atom. The molecule has 0 aromatic heterocycles. The van der Waals surface area contributed by atoms with E-state index in [9.17, 15) is 0 Å². The Morgan fingerprint density at radius 2 is 2.18 bits per heavy atom. The Bertz CT molecular complexity index is 156. The first-order valence-corrected chi connectivity index (χ1v) is 4.86. The molecule has 1 heteroatoms. The Balaban J connectivity index is 2.11. The fourth-order valence-electron chi connectivity index (χ4n) is 1.30. The van der Waals surface area contributed by atoms with Gasteiger partial charge in [0.15, 0.2) is 0 Å². The number of alkyl halides is 1. The van der Waals surface area contributed by atoms with Crippen LogP contribution in [0.3, 0.4) is 0 Å². The standard InChI is InChI=1S/C10H15Cl/c11-9-5-4-8-10-6-2-1-3-7-10/h1-2,7H,3-6,8-9H2. The Morgan fingerprint density at radius 1 is 1.27 bits per heavy atom. The average Bonchev–Trinajstić information content (AvgIpc) is 2.07. The maximum Gasteiger partial charge on any atom is 0.0223 e. The molecule has 0 aromatic carbocycles. The molecule has 0 aliphatic heterocycles. The van der Waals surface area contributed by atoms with Gasteiger partial charge in [-0.05, 0) is 32.1 Å². The first-order valence-electron chi connectivity index (χ1n) is 4.32. The number of halogens is 1. The van der Waals surface area contributed by atoms with Gasteiger partial charge in [-0.15, -0.1) is 11.6 Å². The van der Waals surface area contributed by atoms with E-state index < -0.39 is 0 Å². The molecule has 0 N–H and O–H groups in total. The van der Waals surface area contributed by atoms with Crippen LogP contribution in [0.1, 0.15) is 32.1 Å². The van der Waals surface area contributed by atoms with Crippen molar-refractivity contribution in [2.75, 3.05) is 5.88 Å². The van der Waals surface area contributed by atoms with Gasteiger partial charge in [0, 0.05) is 5.88 Å². The largest absolute Gasteiger partial charge is 0.127 e. The molecule has 62 valence electrons. The third kappa shape index (κ3) is 3.62. The second kappa shape index (κ2) is 5.42. The van der Waals surface area contributed by atoms with Gasteiger partial charge in [0.2, 0.25) is 0 Å². The van der Waals surface area contributed by atoms with Gasteiger partial charge >= 0.3 is 0 Å². The Labute approximate surface area is 73.9 Å². The van der Waals surface area contributed by atoms with Gasteiger partial charge in [-0.25, -0.2) is 0 Å². The van der Waals surface area contributed by atoms with Gasteiger partial charge in [0.25, 0.3) is 0 Å². The van der Waals surface area contributed by atoms with E-state index in [1.165, 1.54) is 19.3 Å². The molecule has 0 spiro atoms. The molecule has 0 aromatic rings. The van der Waals surface area contributed by atoms with Crippen molar-refractivity contribution >= 4 is 11.6 Å². The fraction of sp³-hybridized carbons (Fsp3) is 0.600. The summed E-state index contributed by atoms with van der Waals surface area (Å²) in [6, 6.07) is 0. The summed E-state index contributed by atoms with van der Waals surface area (Å²) in [5.41, 5.74) is 1.60. The number of hydrogen-bond acceptors (Lipinski definition) is 0. The van der Waals surface area contributed by atoms with Gasteiger partial charge in [-0.3, -0.25) is 0 Å². The van der Waals surface area contributed by atoms with Gasteiger partial charge in [-0.2, -0.15) is 0 Å². The molecular formula is C10H15Cl. The Hall–Kier alpha value is -0.230. The van der Waals surface area contributed by atoms with Crippen LogP contribution in [0.5, 0.6) is 0 Å². The van der Waals surface area contributed by atoms with E-state index in [-0.39, 0.29) is 0 Å². The van der Waals surface area contributed by atoms with E-state index in [1.807, 2.05) is 0 Å². The zero-order valence-corrected chi connectivity index (χ0v) is 7.61. The normalized spacial score (nSPS) is 16.6. The van der Waals surface area contributed by atoms with Crippen LogP contribution in [0, 0.1) is 0 Å². The summed E-state index contributed by atoms with van der Waals surface area (Å²) < 4.78 is 0. The van der Waals surface area contributed by atoms with Crippen LogP contribution in [0.25, 0.3) is 0 Å². The summed E-state index contributed by atoms with van der Waals surface area (Å²) in [5.74, 6) is 0.809. The first kappa shape index (κ1) is 8.86. The van der Waals surface area contributed by atoms with E-state index in [4.69, 9.17) is 11.6 Å². The summed E-state index contributed by atoms with van der Waals surface area (Å²) in [4.78, 5) is 0. The maximum absolute atomic E-state index is 5.59. The van der Waals surface area contributed by atoms with Crippen LogP contribution < -0.4 is 0 Å². The Kier molecular flexibility index (Phi) is 4.37. The smallest absolute Gasteiger partial charge is 0.0223 e. The summed E-state index contributed by atoms with van der Waals surface area (Å²) in [6.07, 6.45) is 12.8. The molecule has 0 fully saturated rings. The predicted molar refractivity (Wildman–Crippen MR) is 51.0 cm³/mol. The lowest BCUT2D eigenvalue weighted by Gasteiger charge is -2.06. The molecule has 1 aliphatic rings. The zero-order valence-electron chi connectivity index (χ0n) is 6.85. The molecule has 0 nitrogen and oxygen atoms in total. The van der Waals surface area contributed by atoms with E-state index in [0.717, 1.165) is 18.7 Å². The van der Waals surface area contributed by atoms with Crippen LogP contribution in [-0.4, -0.2) is 5.88 Å². The summed E-state index contributed by atoms with van der Waals surface area (Å²) in [7, 11) is 0. The number of allylic oxidation sites excluding steroid dienone is 4. The molecule has 0 amide bonds. The van der Waals surface area contributed by atoms with Crippen molar-refractivity contribution in [3.8, 4) is 0 Å². The minimum absolute atomic E-state index is 0.809. The SMILES string of the molecule is ClCCCCC1=CCC=CC1. The number of rotatable bonds is 4. The van der Waals surface area contributed by atoms with Crippen molar-refractivity contribution in [1.82, 2.24) is 0 Å². The van der Waals surface area contributed by atoms with Gasteiger partial charge in [0.1, 0.15) is 0 Å². The highest BCUT2D eigenvalue weighted by molar-refractivity contribution is 6.17. The minimum Gasteiger partial charge on any atom is -0.127 e. The van der Waals surface area contributed by atoms with Crippen molar-refractivity contribution in [3.63, 3.8) is 0 Å². The topological polar surface area (TPSA) is 0 Å². The highest BCUT2D eigenvalue weighted by atomic mass is 35.5. The van der Waals surface area contributed by atoms with E-state index in [1.54, 1.807) is 5.57 Å². The lowest BCUT2D eigenvalue weighted by molar-refractivity contribution is 0.773. The number of hydrogen-bond donors (Lipinski definition) is 0. The molecule has 0 radical (unpaired) electrons. The van der Waals surface area contributed by atoms with Crippen molar-refractivity contribution in [2.24, 2.45) is 0 Å². The lowest BCUT2D eigenvalue weighted by atomic mass is 10.0. The second-order valence-corrected chi connectivity index (χ2v) is 3.30. The van der Waals surface area contributed by atoms with E-state index in [0.29, 0.717) is 0 Å². The van der Waals surface area contributed by atoms with Crippen LogP contribution in [0.15, 0.2) is 23.8 Å². The molecular weight excluding hydrogens is 156 g/mol. The summed E-state index contributed by atoms with van der Waals surface area (Å²) >= 11 is 5.59. The number of unbranched alkanes of at least 4 members (excludes halogenated alkanes) is 1. The second-order valence-electron chi connectivity index (χ2n) is 2.92. The van der Waals surface area contributed by atoms with Crippen LogP contribution >= 0.6 is 11.6 Å². The van der Waals surface area contributed by atoms with Gasteiger partial charge < -0.3 is 0 Å². The van der Waals surface area contributed by atoms with E-state index in [2.05, 4.69) is 18.2 Å².